The van der Waals surface area contributed by atoms with Crippen molar-refractivity contribution in [3.05, 3.63) is 59.2 Å². The van der Waals surface area contributed by atoms with Gasteiger partial charge in [0.25, 0.3) is 0 Å². The highest BCUT2D eigenvalue weighted by Crippen LogP contribution is 2.31. The molecule has 2 aliphatic rings. The number of hydrogen-bond acceptors (Lipinski definition) is 3. The largest absolute Gasteiger partial charge is 0.462 e. The minimum Gasteiger partial charge on any atom is -0.462 e. The molecule has 25 heavy (non-hydrogen) atoms. The van der Waals surface area contributed by atoms with E-state index in [9.17, 15) is 0 Å². The van der Waals surface area contributed by atoms with Crippen molar-refractivity contribution in [2.75, 3.05) is 13.2 Å². The molecule has 1 atom stereocenters. The molecule has 1 unspecified atom stereocenters. The molecular formula is C21H24N2O2. The van der Waals surface area contributed by atoms with Crippen molar-refractivity contribution < 1.29 is 9.15 Å². The number of hydrogen-bond donors (Lipinski definition) is 1. The van der Waals surface area contributed by atoms with E-state index in [0.29, 0.717) is 0 Å². The lowest BCUT2D eigenvalue weighted by atomic mass is 10.0. The SMILES string of the molecule is c1ccc2c3c([nH]c2c1)CCN(Cc1ccc(C2CCCCO2)o1)C3. The van der Waals surface area contributed by atoms with E-state index in [-0.39, 0.29) is 6.10 Å². The van der Waals surface area contributed by atoms with E-state index in [0.717, 1.165) is 50.6 Å². The van der Waals surface area contributed by atoms with Gasteiger partial charge in [0.15, 0.2) is 0 Å². The predicted molar refractivity (Wildman–Crippen MR) is 97.4 cm³/mol. The molecule has 0 spiro atoms. The first-order valence-electron chi connectivity index (χ1n) is 9.38. The van der Waals surface area contributed by atoms with Crippen molar-refractivity contribution in [2.45, 2.75) is 44.9 Å². The molecule has 130 valence electrons. The first kappa shape index (κ1) is 15.2. The molecule has 0 bridgehead atoms. The fourth-order valence-corrected chi connectivity index (χ4v) is 4.20. The third kappa shape index (κ3) is 2.90. The molecule has 0 aliphatic carbocycles. The van der Waals surface area contributed by atoms with Crippen LogP contribution in [0.5, 0.6) is 0 Å². The lowest BCUT2D eigenvalue weighted by Crippen LogP contribution is -2.29. The van der Waals surface area contributed by atoms with Crippen LogP contribution in [0.1, 0.15) is 48.1 Å². The van der Waals surface area contributed by atoms with Gasteiger partial charge in [-0.2, -0.15) is 0 Å². The summed E-state index contributed by atoms with van der Waals surface area (Å²) in [5, 5.41) is 1.36. The molecule has 5 rings (SSSR count). The van der Waals surface area contributed by atoms with Gasteiger partial charge in [-0.15, -0.1) is 0 Å². The summed E-state index contributed by atoms with van der Waals surface area (Å²) < 4.78 is 11.9. The lowest BCUT2D eigenvalue weighted by molar-refractivity contribution is 0.000801. The molecule has 4 heteroatoms. The van der Waals surface area contributed by atoms with Gasteiger partial charge in [0.1, 0.15) is 17.6 Å². The fourth-order valence-electron chi connectivity index (χ4n) is 4.20. The average molecular weight is 336 g/mol. The summed E-state index contributed by atoms with van der Waals surface area (Å²) in [6.45, 7) is 3.77. The van der Waals surface area contributed by atoms with E-state index in [1.807, 2.05) is 0 Å². The standard InChI is InChI=1S/C21H24N2O2/c1-2-6-18-16(5-1)17-14-23(11-10-19(17)22-18)13-15-8-9-21(25-15)20-7-3-4-12-24-20/h1-2,5-6,8-9,20,22H,3-4,7,10-14H2. The molecule has 0 radical (unpaired) electrons. The number of rotatable bonds is 3. The molecule has 0 saturated carbocycles. The van der Waals surface area contributed by atoms with Crippen molar-refractivity contribution in [1.82, 2.24) is 9.88 Å². The van der Waals surface area contributed by atoms with Gasteiger partial charge in [-0.25, -0.2) is 0 Å². The number of aromatic amines is 1. The number of fused-ring (bicyclic) bond motifs is 3. The van der Waals surface area contributed by atoms with Crippen LogP contribution in [0.2, 0.25) is 0 Å². The van der Waals surface area contributed by atoms with E-state index in [4.69, 9.17) is 9.15 Å². The zero-order chi connectivity index (χ0) is 16.6. The zero-order valence-corrected chi connectivity index (χ0v) is 14.5. The van der Waals surface area contributed by atoms with Crippen LogP contribution in [0.25, 0.3) is 10.9 Å². The second-order valence-corrected chi connectivity index (χ2v) is 7.25. The highest BCUT2D eigenvalue weighted by Gasteiger charge is 2.23. The van der Waals surface area contributed by atoms with E-state index in [1.54, 1.807) is 0 Å². The summed E-state index contributed by atoms with van der Waals surface area (Å²) >= 11 is 0. The molecule has 1 aromatic carbocycles. The number of furan rings is 1. The Hall–Kier alpha value is -2.04. The van der Waals surface area contributed by atoms with Gasteiger partial charge in [-0.3, -0.25) is 4.90 Å². The van der Waals surface area contributed by atoms with Crippen LogP contribution in [0.3, 0.4) is 0 Å². The van der Waals surface area contributed by atoms with E-state index in [1.165, 1.54) is 35.0 Å². The summed E-state index contributed by atoms with van der Waals surface area (Å²) in [6.07, 6.45) is 4.71. The molecule has 4 heterocycles. The van der Waals surface area contributed by atoms with Crippen molar-refractivity contribution in [1.29, 1.82) is 0 Å². The quantitative estimate of drug-likeness (QED) is 0.762. The Kier molecular flexibility index (Phi) is 3.87. The molecule has 1 N–H and O–H groups in total. The Morgan fingerprint density at radius 1 is 1.12 bits per heavy atom. The molecule has 1 fully saturated rings. The van der Waals surface area contributed by atoms with Gasteiger partial charge in [0.2, 0.25) is 0 Å². The Balaban J connectivity index is 1.31. The molecule has 2 aromatic heterocycles. The minimum absolute atomic E-state index is 0.157. The van der Waals surface area contributed by atoms with Gasteiger partial charge in [-0.1, -0.05) is 18.2 Å². The number of benzene rings is 1. The van der Waals surface area contributed by atoms with Crippen molar-refractivity contribution in [3.8, 4) is 0 Å². The minimum atomic E-state index is 0.157. The second kappa shape index (κ2) is 6.36. The molecule has 1 saturated heterocycles. The number of aromatic nitrogens is 1. The number of H-pyrrole nitrogens is 1. The summed E-state index contributed by atoms with van der Waals surface area (Å²) in [4.78, 5) is 6.06. The highest BCUT2D eigenvalue weighted by molar-refractivity contribution is 5.84. The first-order chi connectivity index (χ1) is 12.4. The van der Waals surface area contributed by atoms with Crippen LogP contribution in [-0.2, 0) is 24.2 Å². The zero-order valence-electron chi connectivity index (χ0n) is 14.5. The van der Waals surface area contributed by atoms with Gasteiger partial charge in [0, 0.05) is 42.7 Å². The summed E-state index contributed by atoms with van der Waals surface area (Å²) in [5.74, 6) is 2.05. The van der Waals surface area contributed by atoms with Crippen molar-refractivity contribution in [3.63, 3.8) is 0 Å². The predicted octanol–water partition coefficient (Wildman–Crippen LogP) is 4.56. The monoisotopic (exact) mass is 336 g/mol. The van der Waals surface area contributed by atoms with Crippen LogP contribution in [0.4, 0.5) is 0 Å². The summed E-state index contributed by atoms with van der Waals surface area (Å²) in [5.41, 5.74) is 4.10. The normalized spacial score (nSPS) is 21.5. The summed E-state index contributed by atoms with van der Waals surface area (Å²) in [7, 11) is 0. The maximum atomic E-state index is 6.11. The molecule has 4 nitrogen and oxygen atoms in total. The third-order valence-corrected chi connectivity index (χ3v) is 5.52. The van der Waals surface area contributed by atoms with E-state index >= 15 is 0 Å². The van der Waals surface area contributed by atoms with Crippen LogP contribution in [0.15, 0.2) is 40.8 Å². The van der Waals surface area contributed by atoms with Crippen LogP contribution in [0, 0.1) is 0 Å². The molecule has 2 aliphatic heterocycles. The van der Waals surface area contributed by atoms with Crippen LogP contribution in [-0.4, -0.2) is 23.0 Å². The first-order valence-corrected chi connectivity index (χ1v) is 9.38. The topological polar surface area (TPSA) is 41.4 Å². The third-order valence-electron chi connectivity index (χ3n) is 5.52. The molecular weight excluding hydrogens is 312 g/mol. The maximum absolute atomic E-state index is 6.11. The fraction of sp³-hybridized carbons (Fsp3) is 0.429. The molecule has 3 aromatic rings. The maximum Gasteiger partial charge on any atom is 0.133 e. The Bertz CT molecular complexity index is 873. The Labute approximate surface area is 147 Å². The number of nitrogens with one attached hydrogen (secondary N) is 1. The summed E-state index contributed by atoms with van der Waals surface area (Å²) in [6, 6.07) is 12.8. The molecule has 0 amide bonds. The number of ether oxygens (including phenoxy) is 1. The van der Waals surface area contributed by atoms with Gasteiger partial charge >= 0.3 is 0 Å². The van der Waals surface area contributed by atoms with E-state index in [2.05, 4.69) is 46.3 Å². The second-order valence-electron chi connectivity index (χ2n) is 7.25. The Morgan fingerprint density at radius 2 is 2.08 bits per heavy atom. The Morgan fingerprint density at radius 3 is 3.00 bits per heavy atom. The number of para-hydroxylation sites is 1. The van der Waals surface area contributed by atoms with Crippen molar-refractivity contribution >= 4 is 10.9 Å². The lowest BCUT2D eigenvalue weighted by Gasteiger charge is -2.26. The van der Waals surface area contributed by atoms with Crippen molar-refractivity contribution in [2.24, 2.45) is 0 Å². The van der Waals surface area contributed by atoms with Crippen LogP contribution < -0.4 is 0 Å². The van der Waals surface area contributed by atoms with Gasteiger partial charge in [0.05, 0.1) is 6.54 Å². The van der Waals surface area contributed by atoms with Gasteiger partial charge in [-0.05, 0) is 43.0 Å². The van der Waals surface area contributed by atoms with Crippen LogP contribution >= 0.6 is 0 Å². The van der Waals surface area contributed by atoms with Gasteiger partial charge < -0.3 is 14.1 Å². The van der Waals surface area contributed by atoms with E-state index < -0.39 is 0 Å². The number of nitrogens with zero attached hydrogens (tertiary/aromatic N) is 1. The smallest absolute Gasteiger partial charge is 0.133 e. The average Bonchev–Trinajstić information content (AvgIpc) is 3.27. The highest BCUT2D eigenvalue weighted by atomic mass is 16.5.